The number of halogens is 1. The number of benzene rings is 1. The molecule has 4 heterocycles. The second-order valence-electron chi connectivity index (χ2n) is 10.6. The van der Waals surface area contributed by atoms with E-state index in [9.17, 15) is 9.59 Å². The summed E-state index contributed by atoms with van der Waals surface area (Å²) >= 11 is 7.80. The molecule has 1 aromatic rings. The van der Waals surface area contributed by atoms with Crippen molar-refractivity contribution in [1.82, 2.24) is 20.1 Å². The third-order valence-electron chi connectivity index (χ3n) is 8.09. The van der Waals surface area contributed by atoms with E-state index in [0.29, 0.717) is 30.7 Å². The molecule has 0 aromatic heterocycles. The van der Waals surface area contributed by atoms with Gasteiger partial charge in [0.1, 0.15) is 5.57 Å². The predicted octanol–water partition coefficient (Wildman–Crippen LogP) is 2.17. The van der Waals surface area contributed by atoms with Gasteiger partial charge in [-0.3, -0.25) is 19.5 Å². The van der Waals surface area contributed by atoms with Crippen LogP contribution in [0, 0.1) is 11.8 Å². The van der Waals surface area contributed by atoms with Gasteiger partial charge in [0, 0.05) is 61.7 Å². The topological polar surface area (TPSA) is 86.7 Å². The normalized spacial score (nSPS) is 29.9. The quantitative estimate of drug-likeness (QED) is 0.549. The lowest BCUT2D eigenvalue weighted by atomic mass is 9.72. The molecule has 1 N–H and O–H groups in total. The van der Waals surface area contributed by atoms with Crippen molar-refractivity contribution < 1.29 is 19.1 Å². The molecule has 6 rings (SSSR count). The number of ketones is 1. The van der Waals surface area contributed by atoms with Gasteiger partial charge in [-0.1, -0.05) is 35.5 Å². The predicted molar refractivity (Wildman–Crippen MR) is 147 cm³/mol. The number of carbonyl (C=O) groups excluding carboxylic acids is 2. The largest absolute Gasteiger partial charge is 0.379 e. The number of hydrogen-bond donors (Lipinski definition) is 1. The molecule has 1 saturated carbocycles. The van der Waals surface area contributed by atoms with E-state index in [1.165, 1.54) is 0 Å². The standard InChI is InChI=1S/C27H34ClN5O4S/c28-20-3-1-18(2-4-20)15-29-26(35)22-17-33-24-21(25(22)34)13-19(16-31-5-9-36-10-6-31)14-23(24)38-27(30-33)32-7-11-37-12-8-32/h1-4,17,19,21,23-24H,5-16H2,(H,29,35). The van der Waals surface area contributed by atoms with Crippen LogP contribution in [-0.4, -0.2) is 102 Å². The molecule has 9 nitrogen and oxygen atoms in total. The highest BCUT2D eigenvalue weighted by Gasteiger charge is 2.51. The van der Waals surface area contributed by atoms with Crippen LogP contribution in [0.2, 0.25) is 5.02 Å². The van der Waals surface area contributed by atoms with Crippen molar-refractivity contribution in [3.05, 3.63) is 46.6 Å². The van der Waals surface area contributed by atoms with Crippen molar-refractivity contribution in [1.29, 1.82) is 0 Å². The van der Waals surface area contributed by atoms with E-state index in [0.717, 1.165) is 69.5 Å². The Labute approximate surface area is 232 Å². The molecule has 1 aliphatic carbocycles. The SMILES string of the molecule is O=C(NCc1ccc(Cl)cc1)C1=CN2N=C(N3CCOCC3)SC3CC(CN4CCOCC4)CC(C1=O)C32. The lowest BCUT2D eigenvalue weighted by Crippen LogP contribution is -2.58. The number of morpholine rings is 2. The Morgan fingerprint density at radius 3 is 2.50 bits per heavy atom. The summed E-state index contributed by atoms with van der Waals surface area (Å²) in [6, 6.07) is 7.31. The molecule has 1 amide bonds. The average Bonchev–Trinajstić information content (AvgIpc) is 2.95. The monoisotopic (exact) mass is 559 g/mol. The molecule has 2 saturated heterocycles. The molecule has 0 radical (unpaired) electrons. The molecule has 4 unspecified atom stereocenters. The second-order valence-corrected chi connectivity index (χ2v) is 12.2. The fraction of sp³-hybridized carbons (Fsp3) is 0.593. The first-order chi connectivity index (χ1) is 18.5. The van der Waals surface area contributed by atoms with E-state index in [-0.39, 0.29) is 34.5 Å². The number of rotatable bonds is 5. The zero-order valence-corrected chi connectivity index (χ0v) is 23.0. The number of amidine groups is 1. The first kappa shape index (κ1) is 26.1. The molecule has 4 aliphatic heterocycles. The summed E-state index contributed by atoms with van der Waals surface area (Å²) in [4.78, 5) is 31.9. The minimum absolute atomic E-state index is 0.0222. The van der Waals surface area contributed by atoms with Crippen molar-refractivity contribution in [2.24, 2.45) is 16.9 Å². The summed E-state index contributed by atoms with van der Waals surface area (Å²) in [6.45, 7) is 7.64. The Morgan fingerprint density at radius 2 is 1.76 bits per heavy atom. The minimum Gasteiger partial charge on any atom is -0.379 e. The number of nitrogens with zero attached hydrogens (tertiary/aromatic N) is 4. The third-order valence-corrected chi connectivity index (χ3v) is 9.66. The minimum atomic E-state index is -0.350. The summed E-state index contributed by atoms with van der Waals surface area (Å²) in [5, 5.41) is 11.7. The fourth-order valence-corrected chi connectivity index (χ4v) is 7.82. The van der Waals surface area contributed by atoms with Crippen LogP contribution in [-0.2, 0) is 25.6 Å². The summed E-state index contributed by atoms with van der Waals surface area (Å²) in [5.41, 5.74) is 1.12. The first-order valence-corrected chi connectivity index (χ1v) is 14.8. The maximum absolute atomic E-state index is 13.8. The second kappa shape index (κ2) is 11.6. The van der Waals surface area contributed by atoms with Crippen molar-refractivity contribution in [3.63, 3.8) is 0 Å². The van der Waals surface area contributed by atoms with Gasteiger partial charge < -0.3 is 19.7 Å². The third kappa shape index (κ3) is 5.60. The Morgan fingerprint density at radius 1 is 1.05 bits per heavy atom. The van der Waals surface area contributed by atoms with Crippen LogP contribution in [0.15, 0.2) is 41.1 Å². The summed E-state index contributed by atoms with van der Waals surface area (Å²) in [6.07, 6.45) is 3.50. The number of Topliss-reactive ketones (excluding diaryl/α,β-unsaturated/α-hetero) is 1. The van der Waals surface area contributed by atoms with Crippen LogP contribution in [0.1, 0.15) is 18.4 Å². The van der Waals surface area contributed by atoms with Crippen LogP contribution in [0.4, 0.5) is 0 Å². The molecule has 0 bridgehead atoms. The fourth-order valence-electron chi connectivity index (χ4n) is 6.13. The summed E-state index contributed by atoms with van der Waals surface area (Å²) in [7, 11) is 0. The zero-order valence-electron chi connectivity index (χ0n) is 21.4. The zero-order chi connectivity index (χ0) is 26.1. The number of carbonyl (C=O) groups is 2. The van der Waals surface area contributed by atoms with Crippen molar-refractivity contribution >= 4 is 40.2 Å². The van der Waals surface area contributed by atoms with Crippen LogP contribution in [0.5, 0.6) is 0 Å². The van der Waals surface area contributed by atoms with Gasteiger partial charge in [0.25, 0.3) is 5.91 Å². The molecular weight excluding hydrogens is 526 g/mol. The Hall–Kier alpha value is -2.11. The lowest BCUT2D eigenvalue weighted by molar-refractivity contribution is -0.128. The highest BCUT2D eigenvalue weighted by Crippen LogP contribution is 2.46. The van der Waals surface area contributed by atoms with Gasteiger partial charge >= 0.3 is 0 Å². The van der Waals surface area contributed by atoms with Gasteiger partial charge in [0.05, 0.1) is 32.5 Å². The van der Waals surface area contributed by atoms with Gasteiger partial charge in [0.2, 0.25) is 0 Å². The van der Waals surface area contributed by atoms with E-state index in [1.807, 2.05) is 28.9 Å². The van der Waals surface area contributed by atoms with E-state index in [2.05, 4.69) is 15.1 Å². The van der Waals surface area contributed by atoms with Crippen LogP contribution in [0.25, 0.3) is 0 Å². The highest BCUT2D eigenvalue weighted by molar-refractivity contribution is 8.14. The number of hydrazone groups is 1. The van der Waals surface area contributed by atoms with Gasteiger partial charge in [-0.25, -0.2) is 0 Å². The summed E-state index contributed by atoms with van der Waals surface area (Å²) < 4.78 is 11.1. The lowest BCUT2D eigenvalue weighted by Gasteiger charge is -2.50. The average molecular weight is 560 g/mol. The van der Waals surface area contributed by atoms with Gasteiger partial charge in [-0.2, -0.15) is 0 Å². The summed E-state index contributed by atoms with van der Waals surface area (Å²) in [5.74, 6) is -0.263. The smallest absolute Gasteiger partial charge is 0.256 e. The number of hydrogen-bond acceptors (Lipinski definition) is 9. The van der Waals surface area contributed by atoms with Crippen LogP contribution >= 0.6 is 23.4 Å². The molecule has 5 aliphatic rings. The number of amides is 1. The molecule has 0 spiro atoms. The molecule has 11 heteroatoms. The van der Waals surface area contributed by atoms with E-state index >= 15 is 0 Å². The number of ether oxygens (including phenoxy) is 2. The molecule has 204 valence electrons. The highest BCUT2D eigenvalue weighted by atomic mass is 35.5. The maximum atomic E-state index is 13.8. The molecule has 3 fully saturated rings. The maximum Gasteiger partial charge on any atom is 0.256 e. The Bertz CT molecular complexity index is 1100. The number of nitrogens with one attached hydrogen (secondary N) is 1. The van der Waals surface area contributed by atoms with Crippen LogP contribution < -0.4 is 5.32 Å². The Balaban J connectivity index is 1.24. The Kier molecular flexibility index (Phi) is 7.95. The molecule has 4 atom stereocenters. The van der Waals surface area contributed by atoms with Gasteiger partial charge in [-0.15, -0.1) is 5.10 Å². The molecule has 38 heavy (non-hydrogen) atoms. The van der Waals surface area contributed by atoms with Gasteiger partial charge in [0.15, 0.2) is 11.0 Å². The van der Waals surface area contributed by atoms with Crippen molar-refractivity contribution in [3.8, 4) is 0 Å². The van der Waals surface area contributed by atoms with E-state index < -0.39 is 0 Å². The van der Waals surface area contributed by atoms with E-state index in [4.69, 9.17) is 26.2 Å². The molecular formula is C27H34ClN5O4S. The van der Waals surface area contributed by atoms with Gasteiger partial charge in [-0.05, 0) is 36.5 Å². The van der Waals surface area contributed by atoms with Crippen LogP contribution in [0.3, 0.4) is 0 Å². The van der Waals surface area contributed by atoms with Crippen molar-refractivity contribution in [2.45, 2.75) is 30.7 Å². The number of thioether (sulfide) groups is 1. The molecule has 1 aromatic carbocycles. The van der Waals surface area contributed by atoms with Crippen molar-refractivity contribution in [2.75, 3.05) is 59.2 Å². The van der Waals surface area contributed by atoms with E-state index in [1.54, 1.807) is 18.3 Å². The first-order valence-electron chi connectivity index (χ1n) is 13.5.